The van der Waals surface area contributed by atoms with Crippen molar-refractivity contribution in [2.24, 2.45) is 0 Å². The van der Waals surface area contributed by atoms with Crippen molar-refractivity contribution in [3.63, 3.8) is 0 Å². The highest BCUT2D eigenvalue weighted by Gasteiger charge is 2.18. The molecule has 1 fully saturated rings. The Morgan fingerprint density at radius 2 is 1.70 bits per heavy atom. The predicted octanol–water partition coefficient (Wildman–Crippen LogP) is 4.69. The van der Waals surface area contributed by atoms with E-state index >= 15 is 0 Å². The summed E-state index contributed by atoms with van der Waals surface area (Å²) in [6.07, 6.45) is 4.40. The minimum absolute atomic E-state index is 0.0721. The molecule has 0 bridgehead atoms. The number of nitro groups is 1. The third-order valence-electron chi connectivity index (χ3n) is 5.32. The molecule has 0 unspecified atom stereocenters. The third kappa shape index (κ3) is 5.23. The normalized spacial score (nSPS) is 15.6. The van der Waals surface area contributed by atoms with Crippen molar-refractivity contribution in [1.29, 1.82) is 0 Å². The molecule has 0 radical (unpaired) electrons. The first-order chi connectivity index (χ1) is 14.7. The van der Waals surface area contributed by atoms with Crippen LogP contribution in [0.15, 0.2) is 77.2 Å². The molecule has 0 spiro atoms. The van der Waals surface area contributed by atoms with Gasteiger partial charge in [0.05, 0.1) is 11.5 Å². The lowest BCUT2D eigenvalue weighted by Crippen LogP contribution is -2.45. The number of benzene rings is 2. The number of nitrogens with zero attached hydrogens (tertiary/aromatic N) is 3. The summed E-state index contributed by atoms with van der Waals surface area (Å²) in [4.78, 5) is 15.4. The van der Waals surface area contributed by atoms with E-state index < -0.39 is 0 Å². The topological polar surface area (TPSA) is 62.8 Å². The summed E-state index contributed by atoms with van der Waals surface area (Å²) in [6.45, 7) is 5.75. The highest BCUT2D eigenvalue weighted by atomic mass is 16.6. The summed E-state index contributed by atoms with van der Waals surface area (Å²) >= 11 is 0. The quantitative estimate of drug-likeness (QED) is 0.423. The molecule has 0 saturated carbocycles. The van der Waals surface area contributed by atoms with Crippen LogP contribution in [0.4, 0.5) is 5.69 Å². The Bertz CT molecular complexity index is 1010. The summed E-state index contributed by atoms with van der Waals surface area (Å²) in [5.74, 6) is 1.55. The maximum Gasteiger partial charge on any atom is 0.270 e. The van der Waals surface area contributed by atoms with Gasteiger partial charge in [-0.15, -0.1) is 0 Å². The lowest BCUT2D eigenvalue weighted by Gasteiger charge is -2.33. The second-order valence-electron chi connectivity index (χ2n) is 7.46. The molecule has 1 saturated heterocycles. The lowest BCUT2D eigenvalue weighted by molar-refractivity contribution is -0.384. The van der Waals surface area contributed by atoms with Crippen LogP contribution in [0.25, 0.3) is 17.4 Å². The van der Waals surface area contributed by atoms with Crippen LogP contribution in [0.1, 0.15) is 11.3 Å². The standard InChI is InChI=1S/C24H25N3O3/c28-27(29)22-10-4-9-21(18-22)24-12-11-23(30-24)19-26-16-14-25(15-17-26)13-5-8-20-6-2-1-3-7-20/h1-12,18H,13-17,19H2. The molecule has 0 atom stereocenters. The van der Waals surface area contributed by atoms with E-state index in [1.165, 1.54) is 11.6 Å². The Morgan fingerprint density at radius 3 is 2.47 bits per heavy atom. The molecule has 1 aliphatic heterocycles. The number of hydrogen-bond acceptors (Lipinski definition) is 5. The van der Waals surface area contributed by atoms with E-state index in [1.54, 1.807) is 12.1 Å². The zero-order valence-electron chi connectivity index (χ0n) is 16.8. The first-order valence-electron chi connectivity index (χ1n) is 10.2. The van der Waals surface area contributed by atoms with Crippen molar-refractivity contribution in [1.82, 2.24) is 9.80 Å². The van der Waals surface area contributed by atoms with Crippen LogP contribution < -0.4 is 0 Å². The summed E-state index contributed by atoms with van der Waals surface area (Å²) in [7, 11) is 0. The highest BCUT2D eigenvalue weighted by Crippen LogP contribution is 2.26. The number of furan rings is 1. The van der Waals surface area contributed by atoms with Gasteiger partial charge in [0, 0.05) is 50.4 Å². The Morgan fingerprint density at radius 1 is 0.933 bits per heavy atom. The van der Waals surface area contributed by atoms with E-state index in [0.29, 0.717) is 5.76 Å². The summed E-state index contributed by atoms with van der Waals surface area (Å²) < 4.78 is 5.96. The summed E-state index contributed by atoms with van der Waals surface area (Å²) in [5, 5.41) is 11.0. The minimum atomic E-state index is -0.387. The minimum Gasteiger partial charge on any atom is -0.460 e. The van der Waals surface area contributed by atoms with Gasteiger partial charge in [-0.3, -0.25) is 19.9 Å². The zero-order valence-corrected chi connectivity index (χ0v) is 16.8. The first kappa shape index (κ1) is 20.1. The molecule has 0 amide bonds. The van der Waals surface area contributed by atoms with Crippen LogP contribution in [-0.4, -0.2) is 47.4 Å². The zero-order chi connectivity index (χ0) is 20.8. The molecule has 1 aromatic heterocycles. The second-order valence-corrected chi connectivity index (χ2v) is 7.46. The highest BCUT2D eigenvalue weighted by molar-refractivity contribution is 5.61. The van der Waals surface area contributed by atoms with Gasteiger partial charge in [0.1, 0.15) is 11.5 Å². The van der Waals surface area contributed by atoms with E-state index in [1.807, 2.05) is 24.3 Å². The van der Waals surface area contributed by atoms with Gasteiger partial charge in [-0.2, -0.15) is 0 Å². The molecule has 6 heteroatoms. The lowest BCUT2D eigenvalue weighted by atomic mass is 10.1. The molecule has 2 heterocycles. The van der Waals surface area contributed by atoms with Crippen LogP contribution in [0.2, 0.25) is 0 Å². The Kier molecular flexibility index (Phi) is 6.37. The molecule has 6 nitrogen and oxygen atoms in total. The predicted molar refractivity (Wildman–Crippen MR) is 118 cm³/mol. The van der Waals surface area contributed by atoms with Gasteiger partial charge in [-0.1, -0.05) is 54.6 Å². The molecule has 0 aliphatic carbocycles. The van der Waals surface area contributed by atoms with Crippen LogP contribution in [0, 0.1) is 10.1 Å². The molecule has 0 N–H and O–H groups in total. The van der Waals surface area contributed by atoms with Gasteiger partial charge in [-0.25, -0.2) is 0 Å². The Balaban J connectivity index is 1.27. The van der Waals surface area contributed by atoms with E-state index in [2.05, 4.69) is 46.2 Å². The van der Waals surface area contributed by atoms with Crippen molar-refractivity contribution >= 4 is 11.8 Å². The maximum absolute atomic E-state index is 11.0. The molecule has 3 aromatic rings. The first-order valence-corrected chi connectivity index (χ1v) is 10.2. The van der Waals surface area contributed by atoms with Crippen molar-refractivity contribution < 1.29 is 9.34 Å². The molecule has 154 valence electrons. The molecular formula is C24H25N3O3. The number of rotatable bonds is 7. The number of piperazine rings is 1. The molecule has 4 rings (SSSR count). The number of non-ortho nitro benzene ring substituents is 1. The number of hydrogen-bond donors (Lipinski definition) is 0. The average molecular weight is 403 g/mol. The van der Waals surface area contributed by atoms with Crippen LogP contribution in [-0.2, 0) is 6.54 Å². The van der Waals surface area contributed by atoms with Crippen molar-refractivity contribution in [2.45, 2.75) is 6.54 Å². The Hall–Kier alpha value is -3.22. The van der Waals surface area contributed by atoms with E-state index in [-0.39, 0.29) is 10.6 Å². The van der Waals surface area contributed by atoms with Crippen molar-refractivity contribution in [3.8, 4) is 11.3 Å². The van der Waals surface area contributed by atoms with Crippen molar-refractivity contribution in [3.05, 3.63) is 94.2 Å². The van der Waals surface area contributed by atoms with Gasteiger partial charge >= 0.3 is 0 Å². The average Bonchev–Trinajstić information content (AvgIpc) is 3.24. The fraction of sp³-hybridized carbons (Fsp3) is 0.250. The van der Waals surface area contributed by atoms with Gasteiger partial charge in [0.15, 0.2) is 0 Å². The molecule has 30 heavy (non-hydrogen) atoms. The van der Waals surface area contributed by atoms with E-state index in [4.69, 9.17) is 4.42 Å². The van der Waals surface area contributed by atoms with Gasteiger partial charge in [0.25, 0.3) is 5.69 Å². The van der Waals surface area contributed by atoms with Crippen LogP contribution in [0.5, 0.6) is 0 Å². The summed E-state index contributed by atoms with van der Waals surface area (Å²) in [5.41, 5.74) is 2.03. The molecular weight excluding hydrogens is 378 g/mol. The fourth-order valence-corrected chi connectivity index (χ4v) is 3.64. The van der Waals surface area contributed by atoms with Gasteiger partial charge in [-0.05, 0) is 17.7 Å². The van der Waals surface area contributed by atoms with E-state index in [9.17, 15) is 10.1 Å². The van der Waals surface area contributed by atoms with E-state index in [0.717, 1.165) is 50.6 Å². The summed E-state index contributed by atoms with van der Waals surface area (Å²) in [6, 6.07) is 20.8. The molecule has 1 aliphatic rings. The second kappa shape index (κ2) is 9.52. The smallest absolute Gasteiger partial charge is 0.270 e. The third-order valence-corrected chi connectivity index (χ3v) is 5.32. The van der Waals surface area contributed by atoms with Crippen LogP contribution >= 0.6 is 0 Å². The van der Waals surface area contributed by atoms with Crippen molar-refractivity contribution in [2.75, 3.05) is 32.7 Å². The Labute approximate surface area is 176 Å². The SMILES string of the molecule is O=[N+]([O-])c1cccc(-c2ccc(CN3CCN(CC=Cc4ccccc4)CC3)o2)c1. The fourth-order valence-electron chi connectivity index (χ4n) is 3.64. The molecule has 2 aromatic carbocycles. The van der Waals surface area contributed by atoms with Gasteiger partial charge < -0.3 is 4.42 Å². The largest absolute Gasteiger partial charge is 0.460 e. The van der Waals surface area contributed by atoms with Gasteiger partial charge in [0.2, 0.25) is 0 Å². The number of nitro benzene ring substituents is 1. The van der Waals surface area contributed by atoms with Crippen LogP contribution in [0.3, 0.4) is 0 Å². The maximum atomic E-state index is 11.0. The monoisotopic (exact) mass is 403 g/mol.